The van der Waals surface area contributed by atoms with Crippen LogP contribution in [0.4, 0.5) is 11.4 Å². The van der Waals surface area contributed by atoms with Crippen molar-refractivity contribution in [2.75, 3.05) is 22.8 Å². The van der Waals surface area contributed by atoms with Crippen LogP contribution in [-0.4, -0.2) is 27.5 Å². The molecule has 0 aliphatic carbocycles. The van der Waals surface area contributed by atoms with Gasteiger partial charge in [0.05, 0.1) is 17.2 Å². The van der Waals surface area contributed by atoms with E-state index >= 15 is 0 Å². The normalized spacial score (nSPS) is 11.1. The molecule has 3 rings (SSSR count). The van der Waals surface area contributed by atoms with E-state index in [4.69, 9.17) is 4.74 Å². The van der Waals surface area contributed by atoms with Gasteiger partial charge in [-0.05, 0) is 62.7 Å². The number of amides is 1. The molecule has 162 valence electrons. The monoisotopic (exact) mass is 438 g/mol. The second-order valence-corrected chi connectivity index (χ2v) is 9.01. The Balaban J connectivity index is 2.00. The third-order valence-electron chi connectivity index (χ3n) is 4.63. The molecule has 0 aliphatic heterocycles. The largest absolute Gasteiger partial charge is 0.492 e. The second-order valence-electron chi connectivity index (χ2n) is 7.14. The lowest BCUT2D eigenvalue weighted by atomic mass is 10.2. The van der Waals surface area contributed by atoms with Crippen LogP contribution in [0.1, 0.15) is 18.1 Å². The van der Waals surface area contributed by atoms with E-state index in [0.29, 0.717) is 23.7 Å². The summed E-state index contributed by atoms with van der Waals surface area (Å²) in [5, 5.41) is 2.78. The summed E-state index contributed by atoms with van der Waals surface area (Å²) in [6.45, 7) is 5.59. The van der Waals surface area contributed by atoms with Crippen molar-refractivity contribution in [3.05, 3.63) is 83.9 Å². The lowest BCUT2D eigenvalue weighted by Gasteiger charge is -2.26. The number of nitrogens with one attached hydrogen (secondary N) is 1. The zero-order valence-electron chi connectivity index (χ0n) is 17.8. The van der Waals surface area contributed by atoms with Gasteiger partial charge in [-0.15, -0.1) is 0 Å². The predicted octanol–water partition coefficient (Wildman–Crippen LogP) is 4.54. The predicted molar refractivity (Wildman–Crippen MR) is 123 cm³/mol. The maximum atomic E-state index is 13.5. The van der Waals surface area contributed by atoms with Crippen molar-refractivity contribution in [1.29, 1.82) is 0 Å². The Labute approximate surface area is 183 Å². The summed E-state index contributed by atoms with van der Waals surface area (Å²) in [6.07, 6.45) is 0. The maximum Gasteiger partial charge on any atom is 0.264 e. The van der Waals surface area contributed by atoms with Gasteiger partial charge in [0.15, 0.2) is 0 Å². The molecule has 0 atom stereocenters. The van der Waals surface area contributed by atoms with Gasteiger partial charge in [0.2, 0.25) is 5.91 Å². The topological polar surface area (TPSA) is 75.7 Å². The summed E-state index contributed by atoms with van der Waals surface area (Å²) < 4.78 is 33.8. The maximum absolute atomic E-state index is 13.5. The number of carbonyl (C=O) groups excluding carboxylic acids is 1. The lowest BCUT2D eigenvalue weighted by molar-refractivity contribution is -0.114. The van der Waals surface area contributed by atoms with Crippen LogP contribution in [0.2, 0.25) is 0 Å². The molecule has 0 bridgehead atoms. The molecular weight excluding hydrogens is 412 g/mol. The summed E-state index contributed by atoms with van der Waals surface area (Å²) in [5.74, 6) is -0.0587. The molecule has 0 aromatic heterocycles. The van der Waals surface area contributed by atoms with Crippen LogP contribution in [0.25, 0.3) is 0 Å². The van der Waals surface area contributed by atoms with E-state index in [1.54, 1.807) is 54.6 Å². The first-order valence-electron chi connectivity index (χ1n) is 9.99. The standard InChI is InChI=1S/C24H26N2O4S/c1-4-30-23-11-6-5-10-22(23)26(31(28,29)21-14-12-18(2)13-15-21)17-24(27)25-20-9-7-8-19(3)16-20/h5-16H,4,17H2,1-3H3,(H,25,27). The van der Waals surface area contributed by atoms with Gasteiger partial charge in [0, 0.05) is 5.69 Å². The van der Waals surface area contributed by atoms with Crippen molar-refractivity contribution in [3.8, 4) is 5.75 Å². The fraction of sp³-hybridized carbons (Fsp3) is 0.208. The first-order valence-corrected chi connectivity index (χ1v) is 11.4. The molecule has 0 radical (unpaired) electrons. The second kappa shape index (κ2) is 9.66. The minimum atomic E-state index is -4.01. The first-order chi connectivity index (χ1) is 14.8. The van der Waals surface area contributed by atoms with Gasteiger partial charge in [-0.1, -0.05) is 42.0 Å². The number of aryl methyl sites for hydroxylation is 2. The molecule has 0 aliphatic rings. The van der Waals surface area contributed by atoms with Crippen LogP contribution >= 0.6 is 0 Å². The van der Waals surface area contributed by atoms with Crippen molar-refractivity contribution >= 4 is 27.3 Å². The molecule has 0 heterocycles. The van der Waals surface area contributed by atoms with Gasteiger partial charge in [0.25, 0.3) is 10.0 Å². The number of anilines is 2. The molecule has 31 heavy (non-hydrogen) atoms. The van der Waals surface area contributed by atoms with Crippen LogP contribution in [0.5, 0.6) is 5.75 Å². The minimum absolute atomic E-state index is 0.104. The highest BCUT2D eigenvalue weighted by atomic mass is 32.2. The summed E-state index contributed by atoms with van der Waals surface area (Å²) in [5.41, 5.74) is 2.85. The van der Waals surface area contributed by atoms with Crippen molar-refractivity contribution in [2.24, 2.45) is 0 Å². The Kier molecular flexibility index (Phi) is 6.97. The number of sulfonamides is 1. The van der Waals surface area contributed by atoms with Gasteiger partial charge in [-0.2, -0.15) is 0 Å². The number of hydrogen-bond acceptors (Lipinski definition) is 4. The zero-order valence-corrected chi connectivity index (χ0v) is 18.6. The zero-order chi connectivity index (χ0) is 22.4. The molecule has 0 unspecified atom stereocenters. The summed E-state index contributed by atoms with van der Waals surface area (Å²) in [4.78, 5) is 13.0. The average molecular weight is 439 g/mol. The summed E-state index contributed by atoms with van der Waals surface area (Å²) in [7, 11) is -4.01. The van der Waals surface area contributed by atoms with E-state index in [1.165, 1.54) is 0 Å². The van der Waals surface area contributed by atoms with Gasteiger partial charge in [-0.3, -0.25) is 9.10 Å². The number of ether oxygens (including phenoxy) is 1. The molecule has 6 nitrogen and oxygen atoms in total. The Bertz CT molecular complexity index is 1160. The number of hydrogen-bond donors (Lipinski definition) is 1. The van der Waals surface area contributed by atoms with Gasteiger partial charge in [0.1, 0.15) is 12.3 Å². The van der Waals surface area contributed by atoms with E-state index in [0.717, 1.165) is 15.4 Å². The minimum Gasteiger partial charge on any atom is -0.492 e. The number of carbonyl (C=O) groups is 1. The van der Waals surface area contributed by atoms with Crippen molar-refractivity contribution in [1.82, 2.24) is 0 Å². The molecule has 0 spiro atoms. The fourth-order valence-electron chi connectivity index (χ4n) is 3.13. The molecule has 0 saturated heterocycles. The molecule has 0 fully saturated rings. The molecule has 0 saturated carbocycles. The number of rotatable bonds is 8. The van der Waals surface area contributed by atoms with Gasteiger partial charge in [-0.25, -0.2) is 8.42 Å². The smallest absolute Gasteiger partial charge is 0.264 e. The Morgan fingerprint density at radius 2 is 1.65 bits per heavy atom. The number of nitrogens with zero attached hydrogens (tertiary/aromatic N) is 1. The Morgan fingerprint density at radius 3 is 2.32 bits per heavy atom. The number of benzene rings is 3. The van der Waals surface area contributed by atoms with Crippen LogP contribution in [0.15, 0.2) is 77.7 Å². The average Bonchev–Trinajstić information content (AvgIpc) is 2.73. The SMILES string of the molecule is CCOc1ccccc1N(CC(=O)Nc1cccc(C)c1)S(=O)(=O)c1ccc(C)cc1. The highest BCUT2D eigenvalue weighted by Gasteiger charge is 2.29. The molecule has 1 N–H and O–H groups in total. The van der Waals surface area contributed by atoms with E-state index in [9.17, 15) is 13.2 Å². The van der Waals surface area contributed by atoms with Crippen LogP contribution in [-0.2, 0) is 14.8 Å². The molecule has 1 amide bonds. The summed E-state index contributed by atoms with van der Waals surface area (Å²) >= 11 is 0. The third-order valence-corrected chi connectivity index (χ3v) is 6.41. The quantitative estimate of drug-likeness (QED) is 0.560. The number of para-hydroxylation sites is 2. The van der Waals surface area contributed by atoms with Gasteiger partial charge < -0.3 is 10.1 Å². The van der Waals surface area contributed by atoms with Crippen molar-refractivity contribution in [2.45, 2.75) is 25.7 Å². The van der Waals surface area contributed by atoms with Gasteiger partial charge >= 0.3 is 0 Å². The first kappa shape index (κ1) is 22.4. The third kappa shape index (κ3) is 5.44. The molecule has 7 heteroatoms. The van der Waals surface area contributed by atoms with Crippen LogP contribution in [0, 0.1) is 13.8 Å². The highest BCUT2D eigenvalue weighted by Crippen LogP contribution is 2.32. The van der Waals surface area contributed by atoms with E-state index in [2.05, 4.69) is 5.32 Å². The van der Waals surface area contributed by atoms with E-state index in [1.807, 2.05) is 39.0 Å². The van der Waals surface area contributed by atoms with Crippen LogP contribution < -0.4 is 14.4 Å². The van der Waals surface area contributed by atoms with E-state index in [-0.39, 0.29) is 4.90 Å². The highest BCUT2D eigenvalue weighted by molar-refractivity contribution is 7.92. The Morgan fingerprint density at radius 1 is 0.935 bits per heavy atom. The molecule has 3 aromatic carbocycles. The Hall–Kier alpha value is -3.32. The molecular formula is C24H26N2O4S. The van der Waals surface area contributed by atoms with Crippen molar-refractivity contribution < 1.29 is 17.9 Å². The fourth-order valence-corrected chi connectivity index (χ4v) is 4.56. The lowest BCUT2D eigenvalue weighted by Crippen LogP contribution is -2.38. The van der Waals surface area contributed by atoms with E-state index < -0.39 is 22.5 Å². The molecule has 3 aromatic rings. The van der Waals surface area contributed by atoms with Crippen LogP contribution in [0.3, 0.4) is 0 Å². The van der Waals surface area contributed by atoms with Crippen molar-refractivity contribution in [3.63, 3.8) is 0 Å². The summed E-state index contributed by atoms with van der Waals surface area (Å²) in [6, 6.07) is 20.7.